The molecular formula is C19H20FN3O2S. The molecule has 1 heterocycles. The van der Waals surface area contributed by atoms with E-state index in [1.54, 1.807) is 13.1 Å². The van der Waals surface area contributed by atoms with Crippen LogP contribution in [0, 0.1) is 12.7 Å². The summed E-state index contributed by atoms with van der Waals surface area (Å²) in [6, 6.07) is 12.8. The summed E-state index contributed by atoms with van der Waals surface area (Å²) in [6.45, 7) is 3.49. The van der Waals surface area contributed by atoms with E-state index < -0.39 is 21.9 Å². The maximum Gasteiger partial charge on any atom is 0.241 e. The van der Waals surface area contributed by atoms with E-state index in [0.29, 0.717) is 17.8 Å². The minimum atomic E-state index is -3.88. The van der Waals surface area contributed by atoms with Crippen LogP contribution >= 0.6 is 0 Å². The number of halogens is 1. The van der Waals surface area contributed by atoms with E-state index in [1.807, 2.05) is 37.3 Å². The van der Waals surface area contributed by atoms with Crippen molar-refractivity contribution in [2.45, 2.75) is 31.2 Å². The fraction of sp³-hybridized carbons (Fsp3) is 0.211. The Morgan fingerprint density at radius 3 is 2.62 bits per heavy atom. The van der Waals surface area contributed by atoms with Crippen LogP contribution in [0.2, 0.25) is 0 Å². The lowest BCUT2D eigenvalue weighted by Crippen LogP contribution is -2.29. The van der Waals surface area contributed by atoms with Gasteiger partial charge in [0.25, 0.3) is 0 Å². The van der Waals surface area contributed by atoms with Gasteiger partial charge in [0.1, 0.15) is 11.6 Å². The van der Waals surface area contributed by atoms with Gasteiger partial charge in [0, 0.05) is 0 Å². The summed E-state index contributed by atoms with van der Waals surface area (Å²) in [6.07, 6.45) is 2.17. The molecule has 1 unspecified atom stereocenters. The van der Waals surface area contributed by atoms with Gasteiger partial charge in [-0.2, -0.15) is 0 Å². The third-order valence-electron chi connectivity index (χ3n) is 4.16. The van der Waals surface area contributed by atoms with Gasteiger partial charge in [-0.05, 0) is 36.6 Å². The smallest absolute Gasteiger partial charge is 0.241 e. The molecule has 0 aliphatic heterocycles. The first-order chi connectivity index (χ1) is 12.4. The Morgan fingerprint density at radius 2 is 1.92 bits per heavy atom. The van der Waals surface area contributed by atoms with Gasteiger partial charge in [-0.1, -0.05) is 43.3 Å². The minimum absolute atomic E-state index is 0.0641. The Labute approximate surface area is 152 Å². The molecule has 0 fully saturated rings. The summed E-state index contributed by atoms with van der Waals surface area (Å²) < 4.78 is 41.5. The van der Waals surface area contributed by atoms with E-state index in [4.69, 9.17) is 0 Å². The Kier molecular flexibility index (Phi) is 5.20. The Morgan fingerprint density at radius 1 is 1.19 bits per heavy atom. The van der Waals surface area contributed by atoms with Gasteiger partial charge >= 0.3 is 0 Å². The van der Waals surface area contributed by atoms with Crippen molar-refractivity contribution < 1.29 is 12.8 Å². The van der Waals surface area contributed by atoms with E-state index in [0.717, 1.165) is 17.3 Å². The van der Waals surface area contributed by atoms with Gasteiger partial charge < -0.3 is 4.98 Å². The molecule has 0 saturated carbocycles. The molecule has 0 radical (unpaired) electrons. The monoisotopic (exact) mass is 373 g/mol. The van der Waals surface area contributed by atoms with E-state index in [9.17, 15) is 12.8 Å². The van der Waals surface area contributed by atoms with E-state index in [1.165, 1.54) is 12.1 Å². The van der Waals surface area contributed by atoms with Crippen LogP contribution in [0.3, 0.4) is 0 Å². The summed E-state index contributed by atoms with van der Waals surface area (Å²) in [5.74, 6) is -0.0719. The van der Waals surface area contributed by atoms with E-state index in [-0.39, 0.29) is 4.90 Å². The first kappa shape index (κ1) is 18.3. The number of nitrogens with zero attached hydrogens (tertiary/aromatic N) is 1. The number of sulfonamides is 1. The largest absolute Gasteiger partial charge is 0.341 e. The number of aromatic nitrogens is 2. The molecule has 3 rings (SSSR count). The second-order valence-electron chi connectivity index (χ2n) is 6.04. The number of aryl methyl sites for hydroxylation is 1. The molecule has 0 amide bonds. The van der Waals surface area contributed by atoms with Crippen molar-refractivity contribution in [3.8, 4) is 11.3 Å². The Hall–Kier alpha value is -2.51. The van der Waals surface area contributed by atoms with Crippen LogP contribution in [0.25, 0.3) is 11.3 Å². The van der Waals surface area contributed by atoms with Crippen LogP contribution in [0.5, 0.6) is 0 Å². The zero-order valence-corrected chi connectivity index (χ0v) is 15.3. The summed E-state index contributed by atoms with van der Waals surface area (Å²) in [5, 5.41) is 0. The van der Waals surface area contributed by atoms with Gasteiger partial charge in [0.15, 0.2) is 0 Å². The van der Waals surface area contributed by atoms with Crippen LogP contribution in [0.15, 0.2) is 59.6 Å². The highest BCUT2D eigenvalue weighted by molar-refractivity contribution is 7.89. The maximum absolute atomic E-state index is 13.5. The molecule has 2 N–H and O–H groups in total. The van der Waals surface area contributed by atoms with Crippen LogP contribution in [0.4, 0.5) is 4.39 Å². The van der Waals surface area contributed by atoms with Crippen molar-refractivity contribution >= 4 is 10.0 Å². The summed E-state index contributed by atoms with van der Waals surface area (Å²) in [5.41, 5.74) is 2.25. The minimum Gasteiger partial charge on any atom is -0.341 e. The highest BCUT2D eigenvalue weighted by Crippen LogP contribution is 2.23. The molecule has 0 aliphatic rings. The number of rotatable bonds is 6. The number of aromatic amines is 1. The Bertz CT molecular complexity index is 1000. The predicted molar refractivity (Wildman–Crippen MR) is 98.5 cm³/mol. The molecule has 26 heavy (non-hydrogen) atoms. The topological polar surface area (TPSA) is 74.8 Å². The zero-order chi connectivity index (χ0) is 18.7. The summed E-state index contributed by atoms with van der Waals surface area (Å²) >= 11 is 0. The van der Waals surface area contributed by atoms with Crippen molar-refractivity contribution in [1.82, 2.24) is 14.7 Å². The first-order valence-corrected chi connectivity index (χ1v) is 9.78. The Balaban J connectivity index is 1.88. The van der Waals surface area contributed by atoms with Crippen molar-refractivity contribution in [1.29, 1.82) is 0 Å². The third-order valence-corrected chi connectivity index (χ3v) is 5.77. The number of nitrogens with one attached hydrogen (secondary N) is 2. The molecule has 0 spiro atoms. The lowest BCUT2D eigenvalue weighted by Gasteiger charge is -2.16. The number of hydrogen-bond donors (Lipinski definition) is 2. The quantitative estimate of drug-likeness (QED) is 0.687. The van der Waals surface area contributed by atoms with Crippen LogP contribution in [0.1, 0.15) is 30.8 Å². The molecular weight excluding hydrogens is 353 g/mol. The lowest BCUT2D eigenvalue weighted by atomic mass is 10.2. The van der Waals surface area contributed by atoms with Crippen LogP contribution in [-0.2, 0) is 10.0 Å². The molecule has 3 aromatic rings. The highest BCUT2D eigenvalue weighted by Gasteiger charge is 2.24. The van der Waals surface area contributed by atoms with Crippen molar-refractivity contribution in [2.75, 3.05) is 0 Å². The number of imidazole rings is 1. The van der Waals surface area contributed by atoms with Gasteiger partial charge in [0.2, 0.25) is 10.0 Å². The van der Waals surface area contributed by atoms with Crippen molar-refractivity contribution in [3.05, 3.63) is 71.9 Å². The van der Waals surface area contributed by atoms with Crippen LogP contribution in [-0.4, -0.2) is 18.4 Å². The van der Waals surface area contributed by atoms with Gasteiger partial charge in [-0.3, -0.25) is 0 Å². The standard InChI is InChI=1S/C19H20FN3O2S/c1-3-16(19-21-12-17(22-19)14-7-5-4-6-8-14)23-26(24,25)18-11-15(20)10-9-13(18)2/h4-12,16,23H,3H2,1-2H3,(H,21,22). The lowest BCUT2D eigenvalue weighted by molar-refractivity contribution is 0.537. The van der Waals surface area contributed by atoms with E-state index >= 15 is 0 Å². The number of H-pyrrole nitrogens is 1. The molecule has 5 nitrogen and oxygen atoms in total. The van der Waals surface area contributed by atoms with Crippen molar-refractivity contribution in [2.24, 2.45) is 0 Å². The third kappa shape index (κ3) is 3.84. The molecule has 7 heteroatoms. The number of hydrogen-bond acceptors (Lipinski definition) is 3. The fourth-order valence-corrected chi connectivity index (χ4v) is 4.26. The molecule has 0 aliphatic carbocycles. The normalized spacial score (nSPS) is 12.9. The van der Waals surface area contributed by atoms with E-state index in [2.05, 4.69) is 14.7 Å². The second-order valence-corrected chi connectivity index (χ2v) is 7.72. The van der Waals surface area contributed by atoms with Gasteiger partial charge in [-0.25, -0.2) is 22.5 Å². The molecule has 1 atom stereocenters. The van der Waals surface area contributed by atoms with Gasteiger partial charge in [0.05, 0.1) is 22.8 Å². The summed E-state index contributed by atoms with van der Waals surface area (Å²) in [7, 11) is -3.88. The second kappa shape index (κ2) is 7.39. The maximum atomic E-state index is 13.5. The predicted octanol–water partition coefficient (Wildman–Crippen LogP) is 3.95. The molecule has 0 bridgehead atoms. The summed E-state index contributed by atoms with van der Waals surface area (Å²) in [4.78, 5) is 7.43. The molecule has 136 valence electrons. The van der Waals surface area contributed by atoms with Crippen molar-refractivity contribution in [3.63, 3.8) is 0 Å². The SMILES string of the molecule is CCC(NS(=O)(=O)c1cc(F)ccc1C)c1ncc(-c2ccccc2)[nH]1. The molecule has 2 aromatic carbocycles. The average Bonchev–Trinajstić information content (AvgIpc) is 3.12. The van der Waals surface area contributed by atoms with Crippen LogP contribution < -0.4 is 4.72 Å². The molecule has 1 aromatic heterocycles. The molecule has 0 saturated heterocycles. The fourth-order valence-electron chi connectivity index (χ4n) is 2.72. The van der Waals surface area contributed by atoms with Gasteiger partial charge in [-0.15, -0.1) is 0 Å². The average molecular weight is 373 g/mol. The first-order valence-electron chi connectivity index (χ1n) is 8.29. The highest BCUT2D eigenvalue weighted by atomic mass is 32.2. The zero-order valence-electron chi connectivity index (χ0n) is 14.5. The number of benzene rings is 2.